The molecule has 2 aromatic carbocycles. The standard InChI is InChI=1S/C27H27N5O6S2/c28-17-21(27(33)29-23-9-14-39(34,35)19-23)15-22-18-32(24-6-2-1-3-7-24)30-26(22)20-5-4-8-25(16-20)40(36,37)31-10-12-38-13-11-31/h1-8,15-16,18,23H,9-14,19H2,(H,29,33)/b21-15-. The summed E-state index contributed by atoms with van der Waals surface area (Å²) in [5.41, 5.74) is 1.76. The highest BCUT2D eigenvalue weighted by molar-refractivity contribution is 7.91. The number of nitrogens with zero attached hydrogens (tertiary/aromatic N) is 4. The number of nitriles is 1. The Kier molecular flexibility index (Phi) is 7.86. The highest BCUT2D eigenvalue weighted by Crippen LogP contribution is 2.29. The smallest absolute Gasteiger partial charge is 0.262 e. The van der Waals surface area contributed by atoms with E-state index in [2.05, 4.69) is 10.4 Å². The normalized spacial score (nSPS) is 19.7. The van der Waals surface area contributed by atoms with E-state index in [0.717, 1.165) is 5.69 Å². The summed E-state index contributed by atoms with van der Waals surface area (Å²) in [6, 6.07) is 16.9. The van der Waals surface area contributed by atoms with Crippen LogP contribution in [0, 0.1) is 11.3 Å². The fourth-order valence-electron chi connectivity index (χ4n) is 4.65. The van der Waals surface area contributed by atoms with Crippen LogP contribution in [0.2, 0.25) is 0 Å². The molecule has 0 radical (unpaired) electrons. The summed E-state index contributed by atoms with van der Waals surface area (Å²) in [6.07, 6.45) is 3.32. The number of hydrogen-bond acceptors (Lipinski definition) is 8. The Morgan fingerprint density at radius 3 is 2.55 bits per heavy atom. The molecule has 0 bridgehead atoms. The van der Waals surface area contributed by atoms with Crippen molar-refractivity contribution in [2.45, 2.75) is 17.4 Å². The van der Waals surface area contributed by atoms with Gasteiger partial charge in [0.15, 0.2) is 9.84 Å². The van der Waals surface area contributed by atoms with Gasteiger partial charge in [0.1, 0.15) is 17.3 Å². The summed E-state index contributed by atoms with van der Waals surface area (Å²) in [5, 5.41) is 17.1. The fourth-order valence-corrected chi connectivity index (χ4v) is 7.77. The third-order valence-corrected chi connectivity index (χ3v) is 10.4. The van der Waals surface area contributed by atoms with Gasteiger partial charge in [0, 0.05) is 36.5 Å². The highest BCUT2D eigenvalue weighted by Gasteiger charge is 2.30. The maximum atomic E-state index is 13.3. The Bertz CT molecular complexity index is 1700. The number of aromatic nitrogens is 2. The van der Waals surface area contributed by atoms with Gasteiger partial charge in [0.05, 0.1) is 35.3 Å². The second-order valence-corrected chi connectivity index (χ2v) is 13.7. The van der Waals surface area contributed by atoms with E-state index in [1.54, 1.807) is 23.0 Å². The molecule has 2 fully saturated rings. The van der Waals surface area contributed by atoms with Gasteiger partial charge in [-0.2, -0.15) is 14.7 Å². The minimum absolute atomic E-state index is 0.0127. The summed E-state index contributed by atoms with van der Waals surface area (Å²) in [6.45, 7) is 1.15. The highest BCUT2D eigenvalue weighted by atomic mass is 32.2. The number of carbonyl (C=O) groups excluding carboxylic acids is 1. The predicted molar refractivity (Wildman–Crippen MR) is 147 cm³/mol. The number of carbonyl (C=O) groups is 1. The molecule has 5 rings (SSSR count). The lowest BCUT2D eigenvalue weighted by atomic mass is 10.1. The van der Waals surface area contributed by atoms with Gasteiger partial charge in [-0.1, -0.05) is 30.3 Å². The quantitative estimate of drug-likeness (QED) is 0.328. The number of sulfone groups is 1. The molecule has 1 atom stereocenters. The minimum Gasteiger partial charge on any atom is -0.379 e. The first-order chi connectivity index (χ1) is 19.2. The van der Waals surface area contributed by atoms with Crippen LogP contribution in [0.5, 0.6) is 0 Å². The van der Waals surface area contributed by atoms with Crippen LogP contribution in [0.3, 0.4) is 0 Å². The Balaban J connectivity index is 1.53. The van der Waals surface area contributed by atoms with Crippen molar-refractivity contribution >= 4 is 31.8 Å². The first-order valence-electron chi connectivity index (χ1n) is 12.6. The first-order valence-corrected chi connectivity index (χ1v) is 15.9. The monoisotopic (exact) mass is 581 g/mol. The number of benzene rings is 2. The summed E-state index contributed by atoms with van der Waals surface area (Å²) < 4.78 is 58.4. The lowest BCUT2D eigenvalue weighted by Gasteiger charge is -2.26. The third-order valence-electron chi connectivity index (χ3n) is 6.71. The van der Waals surface area contributed by atoms with Gasteiger partial charge >= 0.3 is 0 Å². The number of amides is 1. The molecule has 11 nitrogen and oxygen atoms in total. The van der Waals surface area contributed by atoms with Crippen LogP contribution in [0.4, 0.5) is 0 Å². The lowest BCUT2D eigenvalue weighted by Crippen LogP contribution is -2.40. The second-order valence-electron chi connectivity index (χ2n) is 9.50. The van der Waals surface area contributed by atoms with Gasteiger partial charge < -0.3 is 10.1 Å². The number of morpholine rings is 1. The van der Waals surface area contributed by atoms with E-state index in [0.29, 0.717) is 30.0 Å². The van der Waals surface area contributed by atoms with E-state index in [1.165, 1.54) is 22.5 Å². The van der Waals surface area contributed by atoms with Crippen LogP contribution in [0.25, 0.3) is 23.0 Å². The number of sulfonamides is 1. The Labute approximate surface area is 232 Å². The molecule has 208 valence electrons. The molecule has 3 aromatic rings. The molecule has 40 heavy (non-hydrogen) atoms. The summed E-state index contributed by atoms with van der Waals surface area (Å²) in [7, 11) is -6.99. The van der Waals surface area contributed by atoms with E-state index in [-0.39, 0.29) is 41.5 Å². The molecule has 0 aliphatic carbocycles. The zero-order chi connectivity index (χ0) is 28.3. The topological polar surface area (TPSA) is 151 Å². The van der Waals surface area contributed by atoms with Crippen molar-refractivity contribution in [3.8, 4) is 23.0 Å². The van der Waals surface area contributed by atoms with Crippen LogP contribution in [0.1, 0.15) is 12.0 Å². The fraction of sp³-hybridized carbons (Fsp3) is 0.296. The molecule has 1 aromatic heterocycles. The van der Waals surface area contributed by atoms with Gasteiger partial charge in [0.2, 0.25) is 10.0 Å². The van der Waals surface area contributed by atoms with E-state index in [4.69, 9.17) is 4.74 Å². The number of hydrogen-bond donors (Lipinski definition) is 1. The van der Waals surface area contributed by atoms with Crippen LogP contribution in [-0.4, -0.2) is 80.7 Å². The van der Waals surface area contributed by atoms with Crippen LogP contribution in [-0.2, 0) is 29.4 Å². The van der Waals surface area contributed by atoms with E-state index >= 15 is 0 Å². The van der Waals surface area contributed by atoms with Crippen molar-refractivity contribution in [3.05, 3.63) is 71.9 Å². The number of nitrogens with one attached hydrogen (secondary N) is 1. The van der Waals surface area contributed by atoms with Gasteiger partial charge in [0.25, 0.3) is 5.91 Å². The largest absolute Gasteiger partial charge is 0.379 e. The Morgan fingerprint density at radius 2 is 1.88 bits per heavy atom. The molecule has 13 heteroatoms. The van der Waals surface area contributed by atoms with E-state index < -0.39 is 31.8 Å². The summed E-state index contributed by atoms with van der Waals surface area (Å²) in [5.74, 6) is -0.869. The van der Waals surface area contributed by atoms with Crippen molar-refractivity contribution in [2.24, 2.45) is 0 Å². The van der Waals surface area contributed by atoms with Crippen molar-refractivity contribution in [2.75, 3.05) is 37.8 Å². The maximum Gasteiger partial charge on any atom is 0.262 e. The molecule has 1 unspecified atom stereocenters. The van der Waals surface area contributed by atoms with E-state index in [1.807, 2.05) is 36.4 Å². The lowest BCUT2D eigenvalue weighted by molar-refractivity contribution is -0.117. The number of rotatable bonds is 7. The van der Waals surface area contributed by atoms with Gasteiger partial charge in [-0.15, -0.1) is 0 Å². The molecule has 3 heterocycles. The van der Waals surface area contributed by atoms with Crippen molar-refractivity contribution in [1.82, 2.24) is 19.4 Å². The van der Waals surface area contributed by atoms with Gasteiger partial charge in [-0.25, -0.2) is 21.5 Å². The molecule has 2 saturated heterocycles. The maximum absolute atomic E-state index is 13.3. The number of para-hydroxylation sites is 1. The zero-order valence-corrected chi connectivity index (χ0v) is 23.1. The van der Waals surface area contributed by atoms with Crippen molar-refractivity contribution in [1.29, 1.82) is 5.26 Å². The molecule has 1 N–H and O–H groups in total. The van der Waals surface area contributed by atoms with Crippen LogP contribution in [0.15, 0.2) is 71.3 Å². The Hall–Kier alpha value is -3.83. The molecule has 2 aliphatic heterocycles. The number of ether oxygens (including phenoxy) is 1. The third kappa shape index (κ3) is 6.00. The van der Waals surface area contributed by atoms with Crippen molar-refractivity contribution in [3.63, 3.8) is 0 Å². The summed E-state index contributed by atoms with van der Waals surface area (Å²) in [4.78, 5) is 13.0. The SMILES string of the molecule is N#C/C(=C/c1cn(-c2ccccc2)nc1-c1cccc(S(=O)(=O)N2CCOCC2)c1)C(=O)NC1CCS(=O)(=O)C1. The van der Waals surface area contributed by atoms with Crippen molar-refractivity contribution < 1.29 is 26.4 Å². The zero-order valence-electron chi connectivity index (χ0n) is 21.4. The molecular formula is C27H27N5O6S2. The molecule has 0 spiro atoms. The molecule has 1 amide bonds. The molecule has 0 saturated carbocycles. The van der Waals surface area contributed by atoms with E-state index in [9.17, 15) is 26.9 Å². The second kappa shape index (κ2) is 11.3. The molecular weight excluding hydrogens is 554 g/mol. The van der Waals surface area contributed by atoms with Gasteiger partial charge in [-0.05, 0) is 36.8 Å². The summed E-state index contributed by atoms with van der Waals surface area (Å²) >= 11 is 0. The average molecular weight is 582 g/mol. The Morgan fingerprint density at radius 1 is 1.12 bits per heavy atom. The van der Waals surface area contributed by atoms with Gasteiger partial charge in [-0.3, -0.25) is 4.79 Å². The van der Waals surface area contributed by atoms with Crippen LogP contribution < -0.4 is 5.32 Å². The predicted octanol–water partition coefficient (Wildman–Crippen LogP) is 1.77. The average Bonchev–Trinajstić information content (AvgIpc) is 3.54. The molecule has 2 aliphatic rings. The first kappa shape index (κ1) is 27.7. The minimum atomic E-state index is -3.78. The van der Waals surface area contributed by atoms with Crippen LogP contribution >= 0.6 is 0 Å².